The molecule has 0 aliphatic carbocycles. The minimum Gasteiger partial charge on any atom is -0.326 e. The second-order valence-electron chi connectivity index (χ2n) is 5.53. The number of halogens is 2. The van der Waals surface area contributed by atoms with Gasteiger partial charge in [-0.2, -0.15) is 0 Å². The van der Waals surface area contributed by atoms with Gasteiger partial charge in [0.05, 0.1) is 0 Å². The second kappa shape index (κ2) is 7.85. The van der Waals surface area contributed by atoms with E-state index in [2.05, 4.69) is 32.6 Å². The molecule has 1 atom stereocenters. The molecule has 0 saturated carbocycles. The molecule has 0 amide bonds. The van der Waals surface area contributed by atoms with Crippen molar-refractivity contribution < 1.29 is 8.78 Å². The summed E-state index contributed by atoms with van der Waals surface area (Å²) in [5.41, 5.74) is 6.63. The van der Waals surface area contributed by atoms with Crippen molar-refractivity contribution in [2.24, 2.45) is 5.73 Å². The summed E-state index contributed by atoms with van der Waals surface area (Å²) >= 11 is 0. The van der Waals surface area contributed by atoms with Gasteiger partial charge >= 0.3 is 0 Å². The van der Waals surface area contributed by atoms with Crippen molar-refractivity contribution >= 4 is 0 Å². The zero-order valence-corrected chi connectivity index (χ0v) is 13.6. The summed E-state index contributed by atoms with van der Waals surface area (Å²) in [6.45, 7) is 10.3. The van der Waals surface area contributed by atoms with Crippen LogP contribution in [0.1, 0.15) is 46.1 Å². The van der Waals surface area contributed by atoms with Gasteiger partial charge in [0, 0.05) is 11.6 Å². The number of nitrogens with zero attached hydrogens (tertiary/aromatic N) is 1. The first-order valence-corrected chi connectivity index (χ1v) is 7.89. The largest absolute Gasteiger partial charge is 0.326 e. The molecule has 0 saturated heterocycles. The van der Waals surface area contributed by atoms with Gasteiger partial charge in [0.25, 0.3) is 0 Å². The minimum absolute atomic E-state index is 0.178. The maximum atomic E-state index is 13.9. The third-order valence-corrected chi connectivity index (χ3v) is 4.76. The van der Waals surface area contributed by atoms with Gasteiger partial charge in [-0.15, -0.1) is 0 Å². The van der Waals surface area contributed by atoms with Crippen LogP contribution in [0.25, 0.3) is 0 Å². The minimum atomic E-state index is -0.417. The van der Waals surface area contributed by atoms with E-state index in [-0.39, 0.29) is 17.4 Å². The highest BCUT2D eigenvalue weighted by molar-refractivity contribution is 5.21. The van der Waals surface area contributed by atoms with Crippen LogP contribution < -0.4 is 5.73 Å². The molecule has 0 bridgehead atoms. The van der Waals surface area contributed by atoms with E-state index < -0.39 is 5.82 Å². The van der Waals surface area contributed by atoms with Gasteiger partial charge in [-0.3, -0.25) is 4.90 Å². The number of likely N-dealkylation sites (N-methyl/N-ethyl adjacent to an activating group) is 1. The van der Waals surface area contributed by atoms with Gasteiger partial charge in [-0.05, 0) is 56.1 Å². The van der Waals surface area contributed by atoms with Crippen molar-refractivity contribution in [3.63, 3.8) is 0 Å². The summed E-state index contributed by atoms with van der Waals surface area (Å²) in [6.07, 6.45) is 2.13. The van der Waals surface area contributed by atoms with Crippen LogP contribution in [0.5, 0.6) is 0 Å². The molecule has 1 rings (SSSR count). The average Bonchev–Trinajstić information content (AvgIpc) is 2.48. The fourth-order valence-electron chi connectivity index (χ4n) is 3.44. The number of hydrogen-bond donors (Lipinski definition) is 1. The molecule has 0 heterocycles. The SMILES string of the molecule is CCN(CC)C(CC)(CC)C(N)Cc1cc(F)ccc1F. The first-order valence-electron chi connectivity index (χ1n) is 7.89. The third-order valence-electron chi connectivity index (χ3n) is 4.76. The van der Waals surface area contributed by atoms with E-state index in [4.69, 9.17) is 5.73 Å². The Hall–Kier alpha value is -1.00. The van der Waals surface area contributed by atoms with Gasteiger partial charge < -0.3 is 5.73 Å². The Morgan fingerprint density at radius 2 is 1.67 bits per heavy atom. The van der Waals surface area contributed by atoms with Crippen molar-refractivity contribution in [3.8, 4) is 0 Å². The maximum Gasteiger partial charge on any atom is 0.126 e. The maximum absolute atomic E-state index is 13.9. The molecule has 0 aliphatic rings. The lowest BCUT2D eigenvalue weighted by Gasteiger charge is -2.46. The van der Waals surface area contributed by atoms with E-state index in [0.717, 1.165) is 32.0 Å². The lowest BCUT2D eigenvalue weighted by molar-refractivity contribution is 0.0625. The van der Waals surface area contributed by atoms with E-state index in [0.29, 0.717) is 12.0 Å². The van der Waals surface area contributed by atoms with Gasteiger partial charge in [0.15, 0.2) is 0 Å². The van der Waals surface area contributed by atoms with E-state index in [1.54, 1.807) is 0 Å². The van der Waals surface area contributed by atoms with Gasteiger partial charge in [0.2, 0.25) is 0 Å². The summed E-state index contributed by atoms with van der Waals surface area (Å²) < 4.78 is 27.2. The van der Waals surface area contributed by atoms with Crippen molar-refractivity contribution in [1.29, 1.82) is 0 Å². The molecule has 21 heavy (non-hydrogen) atoms. The Balaban J connectivity index is 3.06. The molecule has 0 aromatic heterocycles. The van der Waals surface area contributed by atoms with Crippen molar-refractivity contribution in [2.45, 2.75) is 58.5 Å². The molecule has 120 valence electrons. The molecule has 4 heteroatoms. The lowest BCUT2D eigenvalue weighted by atomic mass is 9.80. The summed E-state index contributed by atoms with van der Waals surface area (Å²) in [5.74, 6) is -0.799. The fourth-order valence-corrected chi connectivity index (χ4v) is 3.44. The Morgan fingerprint density at radius 1 is 1.10 bits per heavy atom. The lowest BCUT2D eigenvalue weighted by Crippen LogP contribution is -2.60. The van der Waals surface area contributed by atoms with E-state index in [9.17, 15) is 8.78 Å². The topological polar surface area (TPSA) is 29.3 Å². The molecule has 1 aromatic carbocycles. The monoisotopic (exact) mass is 298 g/mol. The number of benzene rings is 1. The summed E-state index contributed by atoms with van der Waals surface area (Å²) in [7, 11) is 0. The van der Waals surface area contributed by atoms with E-state index >= 15 is 0 Å². The van der Waals surface area contributed by atoms with Crippen molar-refractivity contribution in [1.82, 2.24) is 4.90 Å². The second-order valence-corrected chi connectivity index (χ2v) is 5.53. The molecule has 2 nitrogen and oxygen atoms in total. The van der Waals surface area contributed by atoms with Crippen LogP contribution in [-0.4, -0.2) is 29.6 Å². The zero-order valence-electron chi connectivity index (χ0n) is 13.6. The van der Waals surface area contributed by atoms with Gasteiger partial charge in [-0.25, -0.2) is 8.78 Å². The highest BCUT2D eigenvalue weighted by Crippen LogP contribution is 2.29. The molecule has 2 N–H and O–H groups in total. The average molecular weight is 298 g/mol. The van der Waals surface area contributed by atoms with Crippen LogP contribution in [0, 0.1) is 11.6 Å². The number of hydrogen-bond acceptors (Lipinski definition) is 2. The molecular formula is C17H28F2N2. The Morgan fingerprint density at radius 3 is 2.14 bits per heavy atom. The van der Waals surface area contributed by atoms with Crippen LogP contribution in [0.2, 0.25) is 0 Å². The Bertz CT molecular complexity index is 440. The molecule has 0 radical (unpaired) electrons. The molecule has 1 unspecified atom stereocenters. The van der Waals surface area contributed by atoms with Gasteiger partial charge in [0.1, 0.15) is 11.6 Å². The van der Waals surface area contributed by atoms with Crippen LogP contribution in [-0.2, 0) is 6.42 Å². The molecule has 0 fully saturated rings. The molecular weight excluding hydrogens is 270 g/mol. The molecule has 0 aliphatic heterocycles. The number of rotatable bonds is 8. The number of nitrogens with two attached hydrogens (primary N) is 1. The quantitative estimate of drug-likeness (QED) is 0.792. The predicted molar refractivity (Wildman–Crippen MR) is 84.3 cm³/mol. The summed E-state index contributed by atoms with van der Waals surface area (Å²) in [4.78, 5) is 2.34. The summed E-state index contributed by atoms with van der Waals surface area (Å²) in [6, 6.07) is 3.34. The Kier molecular flexibility index (Phi) is 6.75. The summed E-state index contributed by atoms with van der Waals surface area (Å²) in [5, 5.41) is 0. The molecule has 1 aromatic rings. The van der Waals surface area contributed by atoms with Crippen LogP contribution in [0.4, 0.5) is 8.78 Å². The van der Waals surface area contributed by atoms with Crippen LogP contribution >= 0.6 is 0 Å². The van der Waals surface area contributed by atoms with E-state index in [1.165, 1.54) is 12.1 Å². The standard InChI is InChI=1S/C17H28F2N2/c1-5-17(6-2,21(7-3)8-4)16(20)12-13-11-14(18)9-10-15(13)19/h9-11,16H,5-8,12,20H2,1-4H3. The van der Waals surface area contributed by atoms with Crippen molar-refractivity contribution in [2.75, 3.05) is 13.1 Å². The highest BCUT2D eigenvalue weighted by atomic mass is 19.1. The van der Waals surface area contributed by atoms with Crippen LogP contribution in [0.3, 0.4) is 0 Å². The first kappa shape index (κ1) is 18.1. The Labute approximate surface area is 127 Å². The van der Waals surface area contributed by atoms with E-state index in [1.807, 2.05) is 0 Å². The normalized spacial score (nSPS) is 13.7. The highest BCUT2D eigenvalue weighted by Gasteiger charge is 2.38. The van der Waals surface area contributed by atoms with Crippen LogP contribution in [0.15, 0.2) is 18.2 Å². The predicted octanol–water partition coefficient (Wildman–Crippen LogP) is 3.74. The third kappa shape index (κ3) is 3.80. The zero-order chi connectivity index (χ0) is 16.0. The fraction of sp³-hybridized carbons (Fsp3) is 0.647. The molecule has 0 spiro atoms. The van der Waals surface area contributed by atoms with Crippen molar-refractivity contribution in [3.05, 3.63) is 35.4 Å². The first-order chi connectivity index (χ1) is 9.94. The smallest absolute Gasteiger partial charge is 0.126 e. The van der Waals surface area contributed by atoms with Gasteiger partial charge in [-0.1, -0.05) is 27.7 Å².